The molecule has 0 bridgehead atoms. The quantitative estimate of drug-likeness (QED) is 0.412. The number of benzene rings is 2. The molecule has 2 heterocycles. The number of nitrogens with zero attached hydrogens (tertiary/aromatic N) is 3. The highest BCUT2D eigenvalue weighted by Crippen LogP contribution is 2.40. The molecule has 0 unspecified atom stereocenters. The van der Waals surface area contributed by atoms with Crippen LogP contribution in [0.5, 0.6) is 0 Å². The normalized spacial score (nSPS) is 16.6. The second-order valence-electron chi connectivity index (χ2n) is 6.66. The van der Waals surface area contributed by atoms with Crippen LogP contribution >= 0.6 is 43.5 Å². The number of amides is 1. The summed E-state index contributed by atoms with van der Waals surface area (Å²) in [6.07, 6.45) is 0.365. The highest BCUT2D eigenvalue weighted by molar-refractivity contribution is 9.11. The molecule has 2 aromatic carbocycles. The Morgan fingerprint density at radius 1 is 1.32 bits per heavy atom. The fourth-order valence-electron chi connectivity index (χ4n) is 3.43. The third kappa shape index (κ3) is 2.89. The lowest BCUT2D eigenvalue weighted by molar-refractivity contribution is -0.119. The van der Waals surface area contributed by atoms with Crippen LogP contribution in [0.1, 0.15) is 35.3 Å². The lowest BCUT2D eigenvalue weighted by atomic mass is 10.0. The number of carbonyl (C=O) groups is 2. The van der Waals surface area contributed by atoms with E-state index >= 15 is 0 Å². The highest BCUT2D eigenvalue weighted by atomic mass is 79.9. The first-order valence-electron chi connectivity index (χ1n) is 8.37. The van der Waals surface area contributed by atoms with Gasteiger partial charge in [-0.25, -0.2) is 9.37 Å². The van der Waals surface area contributed by atoms with Crippen LogP contribution in [0.4, 0.5) is 10.3 Å². The van der Waals surface area contributed by atoms with E-state index in [4.69, 9.17) is 11.6 Å². The van der Waals surface area contributed by atoms with Gasteiger partial charge in [-0.05, 0) is 63.0 Å². The number of hydrogen-bond acceptors (Lipinski definition) is 3. The minimum atomic E-state index is -0.549. The van der Waals surface area contributed by atoms with Crippen LogP contribution < -0.4 is 4.90 Å². The number of hydrogen-bond donors (Lipinski definition) is 0. The molecule has 0 saturated carbocycles. The van der Waals surface area contributed by atoms with Crippen LogP contribution in [0.2, 0.25) is 5.02 Å². The van der Waals surface area contributed by atoms with Crippen molar-refractivity contribution in [3.8, 4) is 0 Å². The molecule has 1 aromatic heterocycles. The largest absolute Gasteiger partial charge is 0.306 e. The fourth-order valence-corrected chi connectivity index (χ4v) is 5.18. The Morgan fingerprint density at radius 2 is 2.04 bits per heavy atom. The molecule has 0 spiro atoms. The summed E-state index contributed by atoms with van der Waals surface area (Å²) in [5.74, 6) is -0.492. The average molecular weight is 530 g/mol. The van der Waals surface area contributed by atoms with E-state index in [1.54, 1.807) is 13.1 Å². The van der Waals surface area contributed by atoms with Crippen molar-refractivity contribution >= 4 is 72.1 Å². The zero-order valence-corrected chi connectivity index (χ0v) is 18.7. The zero-order chi connectivity index (χ0) is 20.3. The molecular weight excluding hydrogens is 516 g/mol. The number of halogens is 4. The van der Waals surface area contributed by atoms with Gasteiger partial charge < -0.3 is 4.57 Å². The smallest absolute Gasteiger partial charge is 0.231 e. The monoisotopic (exact) mass is 527 g/mol. The standard InChI is InChI=1S/C19H13Br2ClFN3O2/c1-8-5-14(27)25(2)19-24-17-13(26(8)19)7-11(20)15(16(17)21)18(28)10-6-9(23)3-4-12(10)22/h3-4,6-8H,5H2,1-2H3/t8-/m1/s1. The van der Waals surface area contributed by atoms with Crippen molar-refractivity contribution in [1.29, 1.82) is 0 Å². The third-order valence-corrected chi connectivity index (χ3v) is 6.57. The SMILES string of the molecule is C[C@@H]1CC(=O)N(C)c2nc3c(Br)c(C(=O)c4cc(F)ccc4Cl)c(Br)cc3n21. The van der Waals surface area contributed by atoms with Gasteiger partial charge in [0.2, 0.25) is 11.9 Å². The second kappa shape index (κ2) is 6.93. The number of imidazole rings is 1. The van der Waals surface area contributed by atoms with Crippen molar-refractivity contribution in [2.75, 3.05) is 11.9 Å². The number of carbonyl (C=O) groups excluding carboxylic acids is 2. The van der Waals surface area contributed by atoms with Gasteiger partial charge in [-0.3, -0.25) is 14.5 Å². The number of rotatable bonds is 2. The molecule has 9 heteroatoms. The highest BCUT2D eigenvalue weighted by Gasteiger charge is 2.32. The Bertz CT molecular complexity index is 1180. The van der Waals surface area contributed by atoms with Gasteiger partial charge in [-0.15, -0.1) is 0 Å². The molecule has 28 heavy (non-hydrogen) atoms. The summed E-state index contributed by atoms with van der Waals surface area (Å²) < 4.78 is 16.6. The Morgan fingerprint density at radius 3 is 2.75 bits per heavy atom. The molecule has 4 rings (SSSR count). The fraction of sp³-hybridized carbons (Fsp3) is 0.211. The van der Waals surface area contributed by atoms with Gasteiger partial charge in [0.05, 0.1) is 20.6 Å². The molecule has 0 N–H and O–H groups in total. The number of aromatic nitrogens is 2. The Kier molecular flexibility index (Phi) is 4.84. The summed E-state index contributed by atoms with van der Waals surface area (Å²) >= 11 is 13.1. The maximum absolute atomic E-state index is 13.7. The number of ketones is 1. The first kappa shape index (κ1) is 19.5. The molecule has 5 nitrogen and oxygen atoms in total. The van der Waals surface area contributed by atoms with Gasteiger partial charge in [-0.2, -0.15) is 0 Å². The molecule has 1 aliphatic rings. The minimum absolute atomic E-state index is 0.0201. The predicted octanol–water partition coefficient (Wildman–Crippen LogP) is 5.51. The lowest BCUT2D eigenvalue weighted by Crippen LogP contribution is -2.35. The molecule has 1 atom stereocenters. The Labute approximate surface area is 181 Å². The average Bonchev–Trinajstić information content (AvgIpc) is 3.02. The summed E-state index contributed by atoms with van der Waals surface area (Å²) in [4.78, 5) is 31.4. The van der Waals surface area contributed by atoms with Gasteiger partial charge >= 0.3 is 0 Å². The summed E-state index contributed by atoms with van der Waals surface area (Å²) in [7, 11) is 1.67. The topological polar surface area (TPSA) is 55.2 Å². The van der Waals surface area contributed by atoms with E-state index in [1.807, 2.05) is 11.5 Å². The zero-order valence-electron chi connectivity index (χ0n) is 14.8. The van der Waals surface area contributed by atoms with Gasteiger partial charge in [0.25, 0.3) is 0 Å². The first-order chi connectivity index (χ1) is 13.2. The maximum atomic E-state index is 13.7. The predicted molar refractivity (Wildman–Crippen MR) is 113 cm³/mol. The minimum Gasteiger partial charge on any atom is -0.306 e. The van der Waals surface area contributed by atoms with Crippen molar-refractivity contribution in [3.05, 3.63) is 55.2 Å². The second-order valence-corrected chi connectivity index (χ2v) is 8.71. The molecule has 3 aromatic rings. The maximum Gasteiger partial charge on any atom is 0.231 e. The van der Waals surface area contributed by atoms with E-state index in [9.17, 15) is 14.0 Å². The molecule has 1 amide bonds. The molecule has 0 aliphatic carbocycles. The van der Waals surface area contributed by atoms with Gasteiger partial charge in [0.15, 0.2) is 5.78 Å². The summed E-state index contributed by atoms with van der Waals surface area (Å²) in [6.45, 7) is 1.95. The van der Waals surface area contributed by atoms with Crippen LogP contribution in [0.3, 0.4) is 0 Å². The Balaban J connectivity index is 1.96. The van der Waals surface area contributed by atoms with Crippen molar-refractivity contribution in [2.24, 2.45) is 0 Å². The summed E-state index contributed by atoms with van der Waals surface area (Å²) in [6, 6.07) is 5.38. The number of fused-ring (bicyclic) bond motifs is 3. The van der Waals surface area contributed by atoms with E-state index in [0.29, 0.717) is 26.8 Å². The Hall–Kier alpha value is -1.77. The van der Waals surface area contributed by atoms with Crippen molar-refractivity contribution < 1.29 is 14.0 Å². The number of anilines is 1. The van der Waals surface area contributed by atoms with Gasteiger partial charge in [-0.1, -0.05) is 11.6 Å². The molecule has 0 fully saturated rings. The lowest BCUT2D eigenvalue weighted by Gasteiger charge is -2.28. The van der Waals surface area contributed by atoms with E-state index < -0.39 is 11.6 Å². The third-order valence-electron chi connectivity index (χ3n) is 4.84. The van der Waals surface area contributed by atoms with E-state index in [2.05, 4.69) is 36.8 Å². The van der Waals surface area contributed by atoms with Crippen LogP contribution in [0.15, 0.2) is 33.2 Å². The molecule has 1 aliphatic heterocycles. The molecular formula is C19H13Br2ClFN3O2. The van der Waals surface area contributed by atoms with Crippen LogP contribution in [0.25, 0.3) is 11.0 Å². The molecule has 0 saturated heterocycles. The molecule has 0 radical (unpaired) electrons. The van der Waals surface area contributed by atoms with Crippen LogP contribution in [-0.2, 0) is 4.79 Å². The summed E-state index contributed by atoms with van der Waals surface area (Å²) in [5, 5.41) is 0.161. The van der Waals surface area contributed by atoms with Crippen LogP contribution in [0, 0.1) is 5.82 Å². The van der Waals surface area contributed by atoms with Crippen LogP contribution in [-0.4, -0.2) is 28.3 Å². The van der Waals surface area contributed by atoms with E-state index in [1.165, 1.54) is 17.0 Å². The first-order valence-corrected chi connectivity index (χ1v) is 10.3. The van der Waals surface area contributed by atoms with Gasteiger partial charge in [0, 0.05) is 29.5 Å². The van der Waals surface area contributed by atoms with E-state index in [-0.39, 0.29) is 28.1 Å². The van der Waals surface area contributed by atoms with Gasteiger partial charge in [0.1, 0.15) is 11.3 Å². The molecule has 144 valence electrons. The van der Waals surface area contributed by atoms with Crippen molar-refractivity contribution in [2.45, 2.75) is 19.4 Å². The van der Waals surface area contributed by atoms with E-state index in [0.717, 1.165) is 11.6 Å². The van der Waals surface area contributed by atoms with Crippen molar-refractivity contribution in [1.82, 2.24) is 9.55 Å². The van der Waals surface area contributed by atoms with Crippen molar-refractivity contribution in [3.63, 3.8) is 0 Å². The summed E-state index contributed by atoms with van der Waals surface area (Å²) in [5.41, 5.74) is 1.68.